The van der Waals surface area contributed by atoms with Crippen molar-refractivity contribution in [2.45, 2.75) is 38.6 Å². The molecule has 3 nitrogen and oxygen atoms in total. The van der Waals surface area contributed by atoms with E-state index in [-0.39, 0.29) is 17.8 Å². The highest BCUT2D eigenvalue weighted by Crippen LogP contribution is 2.28. The number of aryl methyl sites for hydroxylation is 1. The molecule has 2 heterocycles. The van der Waals surface area contributed by atoms with Crippen molar-refractivity contribution in [2.75, 3.05) is 6.54 Å². The van der Waals surface area contributed by atoms with Crippen molar-refractivity contribution in [1.82, 2.24) is 9.88 Å². The van der Waals surface area contributed by atoms with Crippen molar-refractivity contribution in [2.24, 2.45) is 0 Å². The Morgan fingerprint density at radius 3 is 2.64 bits per heavy atom. The van der Waals surface area contributed by atoms with Gasteiger partial charge in [0.05, 0.1) is 10.7 Å². The molecular weight excluding hydrogens is 371 g/mol. The topological polar surface area (TPSA) is 33.2 Å². The Morgan fingerprint density at radius 2 is 1.89 bits per heavy atom. The number of rotatable bonds is 5. The van der Waals surface area contributed by atoms with Crippen LogP contribution in [0.5, 0.6) is 0 Å². The Kier molecular flexibility index (Phi) is 5.53. The van der Waals surface area contributed by atoms with E-state index in [0.717, 1.165) is 46.9 Å². The molecule has 0 spiro atoms. The molecule has 4 rings (SSSR count). The molecule has 1 saturated heterocycles. The van der Waals surface area contributed by atoms with Crippen LogP contribution in [0.2, 0.25) is 0 Å². The molecule has 3 aromatic rings. The Labute approximate surface area is 168 Å². The van der Waals surface area contributed by atoms with Crippen molar-refractivity contribution in [3.05, 3.63) is 87.1 Å². The molecule has 1 amide bonds. The number of amides is 1. The third kappa shape index (κ3) is 4.14. The molecule has 1 aliphatic rings. The van der Waals surface area contributed by atoms with Crippen molar-refractivity contribution >= 4 is 17.2 Å². The molecule has 28 heavy (non-hydrogen) atoms. The van der Waals surface area contributed by atoms with Crippen LogP contribution in [0.1, 0.15) is 44.3 Å². The number of halogens is 1. The lowest BCUT2D eigenvalue weighted by atomic mass is 10.0. The summed E-state index contributed by atoms with van der Waals surface area (Å²) in [6.45, 7) is 2.71. The van der Waals surface area contributed by atoms with E-state index in [1.165, 1.54) is 29.0 Å². The molecule has 1 atom stereocenters. The minimum Gasteiger partial charge on any atom is -0.335 e. The largest absolute Gasteiger partial charge is 0.335 e. The van der Waals surface area contributed by atoms with Gasteiger partial charge in [-0.15, -0.1) is 11.3 Å². The summed E-state index contributed by atoms with van der Waals surface area (Å²) in [5, 5.41) is 0.895. The number of nitrogens with zero attached hydrogens (tertiary/aromatic N) is 2. The molecule has 0 unspecified atom stereocenters. The molecule has 0 radical (unpaired) electrons. The lowest BCUT2D eigenvalue weighted by molar-refractivity contribution is 0.0740. The highest BCUT2D eigenvalue weighted by Gasteiger charge is 2.31. The highest BCUT2D eigenvalue weighted by molar-refractivity contribution is 7.13. The van der Waals surface area contributed by atoms with Gasteiger partial charge in [-0.1, -0.05) is 42.5 Å². The summed E-state index contributed by atoms with van der Waals surface area (Å²) in [4.78, 5) is 20.6. The third-order valence-electron chi connectivity index (χ3n) is 5.26. The fourth-order valence-corrected chi connectivity index (χ4v) is 4.89. The summed E-state index contributed by atoms with van der Waals surface area (Å²) in [7, 11) is 0. The summed E-state index contributed by atoms with van der Waals surface area (Å²) < 4.78 is 13.1. The smallest absolute Gasteiger partial charge is 0.266 e. The van der Waals surface area contributed by atoms with E-state index < -0.39 is 0 Å². The van der Waals surface area contributed by atoms with Crippen LogP contribution in [0.4, 0.5) is 4.39 Å². The zero-order chi connectivity index (χ0) is 19.5. The van der Waals surface area contributed by atoms with E-state index in [1.54, 1.807) is 12.1 Å². The molecule has 0 N–H and O–H groups in total. The fraction of sp³-hybridized carbons (Fsp3) is 0.304. The van der Waals surface area contributed by atoms with E-state index in [1.807, 2.05) is 30.0 Å². The van der Waals surface area contributed by atoms with Gasteiger partial charge in [-0.25, -0.2) is 9.37 Å². The molecule has 2 aromatic carbocycles. The lowest BCUT2D eigenvalue weighted by Gasteiger charge is -2.24. The predicted molar refractivity (Wildman–Crippen MR) is 110 cm³/mol. The van der Waals surface area contributed by atoms with Gasteiger partial charge in [-0.05, 0) is 49.4 Å². The molecule has 5 heteroatoms. The van der Waals surface area contributed by atoms with Crippen molar-refractivity contribution in [3.8, 4) is 0 Å². The summed E-state index contributed by atoms with van der Waals surface area (Å²) in [5.74, 6) is -0.146. The van der Waals surface area contributed by atoms with Crippen LogP contribution >= 0.6 is 11.3 Å². The van der Waals surface area contributed by atoms with Gasteiger partial charge in [0, 0.05) is 19.0 Å². The van der Waals surface area contributed by atoms with Gasteiger partial charge >= 0.3 is 0 Å². The molecule has 1 aromatic heterocycles. The average Bonchev–Trinajstić information content (AvgIpc) is 3.30. The van der Waals surface area contributed by atoms with Gasteiger partial charge in [0.15, 0.2) is 0 Å². The molecule has 0 saturated carbocycles. The Balaban J connectivity index is 1.49. The molecule has 144 valence electrons. The van der Waals surface area contributed by atoms with Crippen molar-refractivity contribution < 1.29 is 9.18 Å². The van der Waals surface area contributed by atoms with Gasteiger partial charge in [0.25, 0.3) is 5.91 Å². The number of likely N-dealkylation sites (tertiary alicyclic amines) is 1. The highest BCUT2D eigenvalue weighted by atomic mass is 32.1. The number of carbonyl (C=O) groups excluding carboxylic acids is 1. The quantitative estimate of drug-likeness (QED) is 0.608. The summed E-state index contributed by atoms with van der Waals surface area (Å²) >= 11 is 1.47. The molecule has 1 fully saturated rings. The first kappa shape index (κ1) is 18.8. The van der Waals surface area contributed by atoms with Gasteiger partial charge < -0.3 is 4.90 Å². The number of benzene rings is 2. The minimum absolute atomic E-state index is 0.0961. The Hall–Kier alpha value is -2.53. The lowest BCUT2D eigenvalue weighted by Crippen LogP contribution is -2.36. The fourth-order valence-electron chi connectivity index (χ4n) is 3.84. The number of hydrogen-bond donors (Lipinski definition) is 0. The number of carbonyl (C=O) groups is 1. The molecular formula is C23H23FN2OS. The van der Waals surface area contributed by atoms with Crippen LogP contribution in [0.3, 0.4) is 0 Å². The van der Waals surface area contributed by atoms with Gasteiger partial charge in [-0.2, -0.15) is 0 Å². The normalized spacial score (nSPS) is 16.5. The van der Waals surface area contributed by atoms with Gasteiger partial charge in [-0.3, -0.25) is 4.79 Å². The number of hydrogen-bond acceptors (Lipinski definition) is 3. The molecule has 0 bridgehead atoms. The predicted octanol–water partition coefficient (Wildman–Crippen LogP) is 5.03. The SMILES string of the molecule is Cc1nc(Cc2ccc(F)cc2)sc1C(=O)N1CCC[C@@H]1Cc1ccccc1. The van der Waals surface area contributed by atoms with Crippen LogP contribution < -0.4 is 0 Å². The van der Waals surface area contributed by atoms with Crippen LogP contribution in [0.25, 0.3) is 0 Å². The first-order valence-electron chi connectivity index (χ1n) is 9.66. The second-order valence-electron chi connectivity index (χ2n) is 7.31. The second kappa shape index (κ2) is 8.23. The third-order valence-corrected chi connectivity index (χ3v) is 6.40. The zero-order valence-corrected chi connectivity index (χ0v) is 16.7. The van der Waals surface area contributed by atoms with E-state index in [4.69, 9.17) is 0 Å². The Bertz CT molecular complexity index is 952. The van der Waals surface area contributed by atoms with Crippen LogP contribution in [0.15, 0.2) is 54.6 Å². The van der Waals surface area contributed by atoms with Gasteiger partial charge in [0.1, 0.15) is 10.7 Å². The summed E-state index contributed by atoms with van der Waals surface area (Å²) in [5.41, 5.74) is 3.06. The second-order valence-corrected chi connectivity index (χ2v) is 8.39. The van der Waals surface area contributed by atoms with E-state index in [9.17, 15) is 9.18 Å². The van der Waals surface area contributed by atoms with Crippen LogP contribution in [0, 0.1) is 12.7 Å². The zero-order valence-electron chi connectivity index (χ0n) is 15.9. The molecule has 1 aliphatic heterocycles. The van der Waals surface area contributed by atoms with Crippen LogP contribution in [-0.4, -0.2) is 28.4 Å². The standard InChI is InChI=1S/C23H23FN2OS/c1-16-22(28-21(25-16)15-18-9-11-19(24)12-10-18)23(27)26-13-5-8-20(26)14-17-6-3-2-4-7-17/h2-4,6-7,9-12,20H,5,8,13-15H2,1H3/t20-/m1/s1. The number of aromatic nitrogens is 1. The van der Waals surface area contributed by atoms with Crippen molar-refractivity contribution in [1.29, 1.82) is 0 Å². The minimum atomic E-state index is -0.242. The van der Waals surface area contributed by atoms with E-state index in [2.05, 4.69) is 17.1 Å². The maximum absolute atomic E-state index is 13.2. The first-order valence-corrected chi connectivity index (χ1v) is 10.5. The Morgan fingerprint density at radius 1 is 1.14 bits per heavy atom. The van der Waals surface area contributed by atoms with Crippen LogP contribution in [-0.2, 0) is 12.8 Å². The molecule has 0 aliphatic carbocycles. The maximum Gasteiger partial charge on any atom is 0.266 e. The van der Waals surface area contributed by atoms with Crippen molar-refractivity contribution in [3.63, 3.8) is 0 Å². The maximum atomic E-state index is 13.2. The van der Waals surface area contributed by atoms with E-state index >= 15 is 0 Å². The van der Waals surface area contributed by atoms with E-state index in [0.29, 0.717) is 6.42 Å². The first-order chi connectivity index (χ1) is 13.6. The number of thiazole rings is 1. The average molecular weight is 395 g/mol. The summed E-state index contributed by atoms with van der Waals surface area (Å²) in [6, 6.07) is 17.1. The monoisotopic (exact) mass is 394 g/mol. The van der Waals surface area contributed by atoms with Gasteiger partial charge in [0.2, 0.25) is 0 Å². The summed E-state index contributed by atoms with van der Waals surface area (Å²) in [6.07, 6.45) is 3.60.